The Morgan fingerprint density at radius 1 is 0.492 bits per heavy atom. The predicted molar refractivity (Wildman–Crippen MR) is 264 cm³/mol. The van der Waals surface area contributed by atoms with Crippen LogP contribution in [0.5, 0.6) is 0 Å². The molecule has 0 aliphatic rings. The minimum absolute atomic E-state index is 0.0467. The van der Waals surface area contributed by atoms with Crippen molar-refractivity contribution in [2.45, 2.75) is 257 Å². The Morgan fingerprint density at radius 2 is 0.902 bits per heavy atom. The van der Waals surface area contributed by atoms with Gasteiger partial charge < -0.3 is 20.3 Å². The number of aliphatic hydroxyl groups is 2. The number of nitrogens with one attached hydrogen (secondary N) is 1. The van der Waals surface area contributed by atoms with Crippen molar-refractivity contribution in [2.75, 3.05) is 6.61 Å². The number of unbranched alkanes of at least 4 members (excludes halogenated alkanes) is 25. The molecule has 0 saturated carbocycles. The van der Waals surface area contributed by atoms with E-state index in [9.17, 15) is 19.8 Å². The minimum atomic E-state index is -0.801. The third-order valence-electron chi connectivity index (χ3n) is 11.4. The Kier molecular flexibility index (Phi) is 46.2. The smallest absolute Gasteiger partial charge is 0.306 e. The maximum atomic E-state index is 13.2. The number of rotatable bonds is 45. The number of aliphatic hydroxyl groups excluding tert-OH is 2. The van der Waals surface area contributed by atoms with E-state index >= 15 is 0 Å². The largest absolute Gasteiger partial charge is 0.462 e. The van der Waals surface area contributed by atoms with Gasteiger partial charge in [0.1, 0.15) is 6.10 Å². The van der Waals surface area contributed by atoms with Gasteiger partial charge in [0.2, 0.25) is 5.91 Å². The van der Waals surface area contributed by atoms with Crippen LogP contribution in [-0.4, -0.2) is 46.9 Å². The quantitative estimate of drug-likeness (QED) is 0.0245. The first-order valence-corrected chi connectivity index (χ1v) is 25.7. The van der Waals surface area contributed by atoms with Crippen molar-refractivity contribution in [3.05, 3.63) is 72.9 Å². The van der Waals surface area contributed by atoms with Crippen molar-refractivity contribution in [1.29, 1.82) is 0 Å². The molecule has 0 spiro atoms. The molecule has 0 aromatic rings. The Bertz CT molecular complexity index is 1140. The van der Waals surface area contributed by atoms with Gasteiger partial charge in [0.05, 0.1) is 25.2 Å². The monoisotopic (exact) mass is 852 g/mol. The topological polar surface area (TPSA) is 95.9 Å². The van der Waals surface area contributed by atoms with Crippen molar-refractivity contribution >= 4 is 11.9 Å². The zero-order valence-corrected chi connectivity index (χ0v) is 40.0. The Balaban J connectivity index is 4.55. The first-order chi connectivity index (χ1) is 30.0. The van der Waals surface area contributed by atoms with Gasteiger partial charge in [0.25, 0.3) is 0 Å². The van der Waals surface area contributed by atoms with Crippen LogP contribution in [0.3, 0.4) is 0 Å². The Labute approximate surface area is 377 Å². The van der Waals surface area contributed by atoms with Crippen molar-refractivity contribution in [3.63, 3.8) is 0 Å². The third kappa shape index (κ3) is 43.7. The van der Waals surface area contributed by atoms with E-state index in [0.29, 0.717) is 19.3 Å². The molecule has 0 aliphatic carbocycles. The summed E-state index contributed by atoms with van der Waals surface area (Å²) in [5.41, 5.74) is 0. The second-order valence-corrected chi connectivity index (χ2v) is 17.3. The van der Waals surface area contributed by atoms with Crippen LogP contribution in [0.2, 0.25) is 0 Å². The van der Waals surface area contributed by atoms with Crippen molar-refractivity contribution in [2.24, 2.45) is 0 Å². The number of hydrogen-bond acceptors (Lipinski definition) is 5. The predicted octanol–water partition coefficient (Wildman–Crippen LogP) is 15.4. The highest BCUT2D eigenvalue weighted by Crippen LogP contribution is 2.17. The molecule has 0 bridgehead atoms. The maximum Gasteiger partial charge on any atom is 0.306 e. The lowest BCUT2D eigenvalue weighted by Gasteiger charge is -2.24. The van der Waals surface area contributed by atoms with E-state index in [2.05, 4.69) is 56.5 Å². The summed E-state index contributed by atoms with van der Waals surface area (Å²) in [6, 6.07) is -0.717. The molecule has 0 fully saturated rings. The minimum Gasteiger partial charge on any atom is -0.462 e. The molecule has 6 heteroatoms. The molecule has 3 unspecified atom stereocenters. The fraction of sp³-hybridized carbons (Fsp3) is 0.745. The fourth-order valence-corrected chi connectivity index (χ4v) is 7.50. The standard InChI is InChI=1S/C55H97NO5/c1-4-7-10-13-16-19-22-24-26-27-29-30-32-35-38-41-44-47-53(58)52(50-57)56-54(59)49-51(46-43-40-37-34-21-18-15-12-9-6-3)61-55(60)48-45-42-39-36-33-31-28-25-23-20-17-14-11-8-5-2/h8,11,14,17-18,20-21,23,25,28,31,33,51-53,57-58H,4-7,9-10,12-13,15-16,19,22,24,26-27,29-30,32,34-50H2,1-3H3,(H,56,59)/b11-8+,17-14+,21-18-,23-20-,28-25-,33-31+. The molecule has 0 rings (SSSR count). The van der Waals surface area contributed by atoms with Gasteiger partial charge in [-0.25, -0.2) is 0 Å². The van der Waals surface area contributed by atoms with Gasteiger partial charge >= 0.3 is 5.97 Å². The summed E-state index contributed by atoms with van der Waals surface area (Å²) >= 11 is 0. The number of ether oxygens (including phenoxy) is 1. The summed E-state index contributed by atoms with van der Waals surface area (Å²) in [5.74, 6) is -0.542. The van der Waals surface area contributed by atoms with Crippen LogP contribution in [0.1, 0.15) is 239 Å². The molecule has 61 heavy (non-hydrogen) atoms. The number of hydrogen-bond donors (Lipinski definition) is 3. The van der Waals surface area contributed by atoms with Crippen LogP contribution in [0.25, 0.3) is 0 Å². The average Bonchev–Trinajstić information content (AvgIpc) is 3.25. The van der Waals surface area contributed by atoms with Crippen LogP contribution in [-0.2, 0) is 14.3 Å². The highest BCUT2D eigenvalue weighted by atomic mass is 16.5. The summed E-state index contributed by atoms with van der Waals surface area (Å²) in [6.45, 7) is 6.30. The van der Waals surface area contributed by atoms with Crippen LogP contribution in [0.15, 0.2) is 72.9 Å². The highest BCUT2D eigenvalue weighted by Gasteiger charge is 2.24. The molecule has 0 saturated heterocycles. The van der Waals surface area contributed by atoms with Gasteiger partial charge in [-0.1, -0.05) is 229 Å². The first-order valence-electron chi connectivity index (χ1n) is 25.7. The Morgan fingerprint density at radius 3 is 1.43 bits per heavy atom. The van der Waals surface area contributed by atoms with E-state index in [4.69, 9.17) is 4.74 Å². The van der Waals surface area contributed by atoms with Gasteiger partial charge in [-0.2, -0.15) is 0 Å². The van der Waals surface area contributed by atoms with Crippen molar-refractivity contribution in [1.82, 2.24) is 5.32 Å². The molecule has 0 heterocycles. The normalized spacial score (nSPS) is 13.9. The zero-order chi connectivity index (χ0) is 44.5. The van der Waals surface area contributed by atoms with Crippen molar-refractivity contribution in [3.8, 4) is 0 Å². The lowest BCUT2D eigenvalue weighted by atomic mass is 10.0. The number of esters is 1. The first kappa shape index (κ1) is 58.3. The zero-order valence-electron chi connectivity index (χ0n) is 40.0. The molecular formula is C55H97NO5. The van der Waals surface area contributed by atoms with E-state index in [1.54, 1.807) is 0 Å². The number of allylic oxidation sites excluding steroid dienone is 12. The average molecular weight is 852 g/mol. The number of amides is 1. The maximum absolute atomic E-state index is 13.2. The second kappa shape index (κ2) is 48.3. The summed E-state index contributed by atoms with van der Waals surface area (Å²) in [6.07, 6.45) is 61.1. The summed E-state index contributed by atoms with van der Waals surface area (Å²) in [7, 11) is 0. The lowest BCUT2D eigenvalue weighted by Crippen LogP contribution is -2.46. The summed E-state index contributed by atoms with van der Waals surface area (Å²) in [5, 5.41) is 23.8. The molecule has 3 atom stereocenters. The molecule has 3 N–H and O–H groups in total. The van der Waals surface area contributed by atoms with E-state index in [1.165, 1.54) is 109 Å². The van der Waals surface area contributed by atoms with Crippen molar-refractivity contribution < 1.29 is 24.5 Å². The van der Waals surface area contributed by atoms with Gasteiger partial charge in [-0.3, -0.25) is 9.59 Å². The molecule has 352 valence electrons. The molecule has 0 aromatic heterocycles. The molecule has 1 amide bonds. The van der Waals surface area contributed by atoms with E-state index < -0.39 is 18.2 Å². The van der Waals surface area contributed by atoms with Crippen LogP contribution in [0.4, 0.5) is 0 Å². The molecular weight excluding hydrogens is 755 g/mol. The summed E-state index contributed by atoms with van der Waals surface area (Å²) in [4.78, 5) is 26.1. The molecule has 6 nitrogen and oxygen atoms in total. The van der Waals surface area contributed by atoms with Gasteiger partial charge in [-0.05, 0) is 70.6 Å². The summed E-state index contributed by atoms with van der Waals surface area (Å²) < 4.78 is 5.89. The van der Waals surface area contributed by atoms with E-state index in [-0.39, 0.29) is 24.9 Å². The van der Waals surface area contributed by atoms with Crippen LogP contribution in [0, 0.1) is 0 Å². The van der Waals surface area contributed by atoms with E-state index in [0.717, 1.165) is 83.5 Å². The lowest BCUT2D eigenvalue weighted by molar-refractivity contribution is -0.151. The molecule has 0 radical (unpaired) electrons. The van der Waals surface area contributed by atoms with Gasteiger partial charge in [0, 0.05) is 6.42 Å². The number of carbonyl (C=O) groups excluding carboxylic acids is 2. The Hall–Kier alpha value is -2.70. The van der Waals surface area contributed by atoms with Gasteiger partial charge in [0.15, 0.2) is 0 Å². The van der Waals surface area contributed by atoms with Crippen LogP contribution < -0.4 is 5.32 Å². The highest BCUT2D eigenvalue weighted by molar-refractivity contribution is 5.77. The third-order valence-corrected chi connectivity index (χ3v) is 11.4. The van der Waals surface area contributed by atoms with Gasteiger partial charge in [-0.15, -0.1) is 0 Å². The fourth-order valence-electron chi connectivity index (χ4n) is 7.50. The molecule has 0 aromatic carbocycles. The number of carbonyl (C=O) groups is 2. The van der Waals surface area contributed by atoms with Crippen LogP contribution >= 0.6 is 0 Å². The second-order valence-electron chi connectivity index (χ2n) is 17.3. The molecule has 0 aliphatic heterocycles. The SMILES string of the molecule is CC/C=C/C=C/C=C\C=C/C=C/CCCCCC(=O)OC(CCCCC/C=C\CCCCC)CC(=O)NC(CO)C(O)CCCCCCCCCCCCCCCCCCC. The van der Waals surface area contributed by atoms with E-state index in [1.807, 2.05) is 42.5 Å².